The van der Waals surface area contributed by atoms with Gasteiger partial charge in [0.05, 0.1) is 10.0 Å². The van der Waals surface area contributed by atoms with E-state index in [-0.39, 0.29) is 11.4 Å². The first kappa shape index (κ1) is 17.4. The van der Waals surface area contributed by atoms with Gasteiger partial charge in [0.25, 0.3) is 0 Å². The standard InChI is InChI=1S/C19H23BrFN3/c20-17-12-16(6-7-18(17)21)23-19(14-22)8-10-24(11-9-19)13-15-4-2-1-3-5-15/h1-7,12,23H,8-11,13-14,22H2. The summed E-state index contributed by atoms with van der Waals surface area (Å²) >= 11 is 3.24. The number of halogens is 2. The van der Waals surface area contributed by atoms with Crippen LogP contribution in [-0.4, -0.2) is 30.1 Å². The Morgan fingerprint density at radius 1 is 1.12 bits per heavy atom. The van der Waals surface area contributed by atoms with Gasteiger partial charge in [-0.1, -0.05) is 30.3 Å². The lowest BCUT2D eigenvalue weighted by Crippen LogP contribution is -2.53. The molecule has 3 nitrogen and oxygen atoms in total. The van der Waals surface area contributed by atoms with Gasteiger partial charge in [-0.2, -0.15) is 0 Å². The van der Waals surface area contributed by atoms with Crippen molar-refractivity contribution in [2.45, 2.75) is 24.9 Å². The Balaban J connectivity index is 1.62. The third-order valence-corrected chi connectivity index (χ3v) is 5.39. The second kappa shape index (κ2) is 7.64. The number of rotatable bonds is 5. The number of benzene rings is 2. The first-order valence-corrected chi connectivity index (χ1v) is 9.09. The summed E-state index contributed by atoms with van der Waals surface area (Å²) in [5.74, 6) is -0.250. The fourth-order valence-electron chi connectivity index (χ4n) is 3.24. The van der Waals surface area contributed by atoms with Crippen LogP contribution in [0.3, 0.4) is 0 Å². The van der Waals surface area contributed by atoms with Crippen LogP contribution in [0.4, 0.5) is 10.1 Å². The summed E-state index contributed by atoms with van der Waals surface area (Å²) in [5, 5.41) is 3.55. The van der Waals surface area contributed by atoms with Crippen molar-refractivity contribution in [2.75, 3.05) is 25.0 Å². The number of nitrogens with zero attached hydrogens (tertiary/aromatic N) is 1. The topological polar surface area (TPSA) is 41.3 Å². The molecule has 1 heterocycles. The fraction of sp³-hybridized carbons (Fsp3) is 0.368. The molecule has 0 aliphatic carbocycles. The quantitative estimate of drug-likeness (QED) is 0.809. The molecule has 0 radical (unpaired) electrons. The highest BCUT2D eigenvalue weighted by Crippen LogP contribution is 2.29. The molecule has 5 heteroatoms. The number of piperidine rings is 1. The van der Waals surface area contributed by atoms with Crippen LogP contribution in [0.5, 0.6) is 0 Å². The summed E-state index contributed by atoms with van der Waals surface area (Å²) in [5.41, 5.74) is 8.21. The lowest BCUT2D eigenvalue weighted by molar-refractivity contribution is 0.170. The largest absolute Gasteiger partial charge is 0.378 e. The maximum absolute atomic E-state index is 13.4. The van der Waals surface area contributed by atoms with Gasteiger partial charge in [-0.05, 0) is 52.5 Å². The van der Waals surface area contributed by atoms with Gasteiger partial charge in [-0.3, -0.25) is 4.90 Å². The summed E-state index contributed by atoms with van der Waals surface area (Å²) in [6.45, 7) is 3.55. The van der Waals surface area contributed by atoms with Crippen molar-refractivity contribution >= 4 is 21.6 Å². The van der Waals surface area contributed by atoms with Crippen LogP contribution >= 0.6 is 15.9 Å². The molecule has 24 heavy (non-hydrogen) atoms. The lowest BCUT2D eigenvalue weighted by Gasteiger charge is -2.42. The van der Waals surface area contributed by atoms with Crippen LogP contribution in [0.15, 0.2) is 53.0 Å². The van der Waals surface area contributed by atoms with Crippen LogP contribution in [0.1, 0.15) is 18.4 Å². The second-order valence-corrected chi connectivity index (χ2v) is 7.35. The Morgan fingerprint density at radius 3 is 2.46 bits per heavy atom. The van der Waals surface area contributed by atoms with E-state index in [9.17, 15) is 4.39 Å². The van der Waals surface area contributed by atoms with Crippen LogP contribution in [0, 0.1) is 5.82 Å². The highest BCUT2D eigenvalue weighted by atomic mass is 79.9. The van der Waals surface area contributed by atoms with Gasteiger partial charge in [0.15, 0.2) is 0 Å². The first-order chi connectivity index (χ1) is 11.6. The van der Waals surface area contributed by atoms with Gasteiger partial charge < -0.3 is 11.1 Å². The summed E-state index contributed by atoms with van der Waals surface area (Å²) in [7, 11) is 0. The monoisotopic (exact) mass is 391 g/mol. The van der Waals surface area contributed by atoms with Crippen LogP contribution in [0.25, 0.3) is 0 Å². The number of nitrogens with two attached hydrogens (primary N) is 1. The molecule has 1 fully saturated rings. The average molecular weight is 392 g/mol. The van der Waals surface area contributed by atoms with Gasteiger partial charge in [0, 0.05) is 31.9 Å². The third kappa shape index (κ3) is 4.15. The Kier molecular flexibility index (Phi) is 5.54. The molecule has 0 saturated carbocycles. The van der Waals surface area contributed by atoms with Gasteiger partial charge in [-0.15, -0.1) is 0 Å². The van der Waals surface area contributed by atoms with Crippen molar-refractivity contribution < 1.29 is 4.39 Å². The number of nitrogens with one attached hydrogen (secondary N) is 1. The van der Waals surface area contributed by atoms with Crippen molar-refractivity contribution in [3.05, 3.63) is 64.4 Å². The third-order valence-electron chi connectivity index (χ3n) is 4.78. The smallest absolute Gasteiger partial charge is 0.137 e. The first-order valence-electron chi connectivity index (χ1n) is 8.30. The Morgan fingerprint density at radius 2 is 1.83 bits per heavy atom. The van der Waals surface area contributed by atoms with Gasteiger partial charge in [0.1, 0.15) is 5.82 Å². The minimum absolute atomic E-state index is 0.121. The normalized spacial score (nSPS) is 17.6. The molecule has 0 unspecified atom stereocenters. The highest BCUT2D eigenvalue weighted by molar-refractivity contribution is 9.10. The van der Waals surface area contributed by atoms with Crippen molar-refractivity contribution in [2.24, 2.45) is 5.73 Å². The molecule has 3 N–H and O–H groups in total. The number of likely N-dealkylation sites (tertiary alicyclic amines) is 1. The van der Waals surface area contributed by atoms with E-state index in [1.807, 2.05) is 6.07 Å². The maximum atomic E-state index is 13.4. The van der Waals surface area contributed by atoms with Crippen LogP contribution in [0.2, 0.25) is 0 Å². The second-order valence-electron chi connectivity index (χ2n) is 6.50. The Labute approximate surface area is 151 Å². The van der Waals surface area contributed by atoms with Gasteiger partial charge in [-0.25, -0.2) is 4.39 Å². The molecule has 0 spiro atoms. The predicted octanol–water partition coefficient (Wildman–Crippen LogP) is 3.99. The van der Waals surface area contributed by atoms with E-state index in [1.165, 1.54) is 11.6 Å². The van der Waals surface area contributed by atoms with Crippen molar-refractivity contribution in [3.63, 3.8) is 0 Å². The van der Waals surface area contributed by atoms with Gasteiger partial charge in [0.2, 0.25) is 0 Å². The van der Waals surface area contributed by atoms with E-state index in [2.05, 4.69) is 50.4 Å². The zero-order chi connectivity index (χ0) is 17.0. The van der Waals surface area contributed by atoms with Crippen molar-refractivity contribution in [1.82, 2.24) is 4.90 Å². The minimum atomic E-state index is -0.250. The molecule has 1 aliphatic rings. The maximum Gasteiger partial charge on any atom is 0.137 e. The summed E-state index contributed by atoms with van der Waals surface area (Å²) in [4.78, 5) is 2.46. The van der Waals surface area contributed by atoms with E-state index in [0.29, 0.717) is 11.0 Å². The molecule has 1 aliphatic heterocycles. The number of hydrogen-bond acceptors (Lipinski definition) is 3. The molecular weight excluding hydrogens is 369 g/mol. The molecule has 0 aromatic heterocycles. The van der Waals surface area contributed by atoms with Crippen molar-refractivity contribution in [3.8, 4) is 0 Å². The Bertz CT molecular complexity index is 670. The predicted molar refractivity (Wildman–Crippen MR) is 100 cm³/mol. The molecule has 0 amide bonds. The number of anilines is 1. The average Bonchev–Trinajstić information content (AvgIpc) is 2.61. The summed E-state index contributed by atoms with van der Waals surface area (Å²) < 4.78 is 13.9. The van der Waals surface area contributed by atoms with Gasteiger partial charge >= 0.3 is 0 Å². The van der Waals surface area contributed by atoms with Crippen molar-refractivity contribution in [1.29, 1.82) is 0 Å². The molecule has 1 saturated heterocycles. The molecule has 0 bridgehead atoms. The zero-order valence-corrected chi connectivity index (χ0v) is 15.2. The zero-order valence-electron chi connectivity index (χ0n) is 13.6. The van der Waals surface area contributed by atoms with Crippen LogP contribution in [-0.2, 0) is 6.54 Å². The van der Waals surface area contributed by atoms with E-state index in [4.69, 9.17) is 5.73 Å². The van der Waals surface area contributed by atoms with E-state index in [1.54, 1.807) is 12.1 Å². The molecule has 3 rings (SSSR count). The van der Waals surface area contributed by atoms with Crippen LogP contribution < -0.4 is 11.1 Å². The van der Waals surface area contributed by atoms with E-state index in [0.717, 1.165) is 38.2 Å². The Hall–Kier alpha value is -1.43. The summed E-state index contributed by atoms with van der Waals surface area (Å²) in [6.07, 6.45) is 1.96. The lowest BCUT2D eigenvalue weighted by atomic mass is 9.87. The fourth-order valence-corrected chi connectivity index (χ4v) is 3.62. The molecular formula is C19H23BrFN3. The SMILES string of the molecule is NCC1(Nc2ccc(F)c(Br)c2)CCN(Cc2ccccc2)CC1. The minimum Gasteiger partial charge on any atom is -0.378 e. The molecule has 0 atom stereocenters. The number of hydrogen-bond donors (Lipinski definition) is 2. The molecule has 2 aromatic rings. The van der Waals surface area contributed by atoms with E-state index >= 15 is 0 Å². The highest BCUT2D eigenvalue weighted by Gasteiger charge is 2.33. The van der Waals surface area contributed by atoms with E-state index < -0.39 is 0 Å². The molecule has 2 aromatic carbocycles. The molecule has 128 valence electrons. The summed E-state index contributed by atoms with van der Waals surface area (Å²) in [6, 6.07) is 15.6.